The van der Waals surface area contributed by atoms with E-state index in [1.165, 1.54) is 43.3 Å². The van der Waals surface area contributed by atoms with Crippen molar-refractivity contribution in [2.45, 2.75) is 26.2 Å². The Morgan fingerprint density at radius 1 is 1.25 bits per heavy atom. The van der Waals surface area contributed by atoms with Crippen molar-refractivity contribution in [2.24, 2.45) is 5.41 Å². The Labute approximate surface area is 116 Å². The average molecular weight is 274 g/mol. The van der Waals surface area contributed by atoms with E-state index in [-0.39, 0.29) is 17.3 Å². The van der Waals surface area contributed by atoms with E-state index in [1.807, 2.05) is 0 Å². The molecule has 1 fully saturated rings. The fourth-order valence-electron chi connectivity index (χ4n) is 2.48. The van der Waals surface area contributed by atoms with Gasteiger partial charge in [0.05, 0.1) is 0 Å². The molecule has 3 nitrogen and oxygen atoms in total. The fourth-order valence-corrected chi connectivity index (χ4v) is 2.48. The van der Waals surface area contributed by atoms with Gasteiger partial charge in [0.15, 0.2) is 5.78 Å². The minimum absolute atomic E-state index is 0.131. The maximum Gasteiger partial charge on any atom is 0.185 e. The molecule has 20 heavy (non-hydrogen) atoms. The standard InChI is InChI=1S/C16H15FO3/c1-11(18)16(9-2-3-15(16)20)10-8-14(19)12-4-6-13(17)7-5-12/h4-8,10H,2-3,9H2,1H3/b10-8+/t16-/m0/s1. The van der Waals surface area contributed by atoms with Gasteiger partial charge < -0.3 is 0 Å². The van der Waals surface area contributed by atoms with Gasteiger partial charge in [0.2, 0.25) is 0 Å². The van der Waals surface area contributed by atoms with Gasteiger partial charge in [-0.15, -0.1) is 0 Å². The van der Waals surface area contributed by atoms with E-state index in [9.17, 15) is 18.8 Å². The van der Waals surface area contributed by atoms with Crippen molar-refractivity contribution in [3.05, 3.63) is 47.8 Å². The van der Waals surface area contributed by atoms with Crippen LogP contribution in [0.3, 0.4) is 0 Å². The smallest absolute Gasteiger partial charge is 0.185 e. The summed E-state index contributed by atoms with van der Waals surface area (Å²) in [5.74, 6) is -1.13. The maximum absolute atomic E-state index is 12.8. The van der Waals surface area contributed by atoms with Crippen LogP contribution in [-0.4, -0.2) is 17.3 Å². The molecule has 0 heterocycles. The first-order valence-corrected chi connectivity index (χ1v) is 6.49. The van der Waals surface area contributed by atoms with Crippen LogP contribution in [0.1, 0.15) is 36.5 Å². The average Bonchev–Trinajstić information content (AvgIpc) is 2.79. The highest BCUT2D eigenvalue weighted by atomic mass is 19.1. The summed E-state index contributed by atoms with van der Waals surface area (Å²) in [6.07, 6.45) is 4.14. The summed E-state index contributed by atoms with van der Waals surface area (Å²) in [6, 6.07) is 5.14. The number of halogens is 1. The summed E-state index contributed by atoms with van der Waals surface area (Å²) >= 11 is 0. The van der Waals surface area contributed by atoms with Gasteiger partial charge >= 0.3 is 0 Å². The molecule has 1 aliphatic carbocycles. The van der Waals surface area contributed by atoms with Crippen molar-refractivity contribution in [3.63, 3.8) is 0 Å². The molecule has 0 N–H and O–H groups in total. The van der Waals surface area contributed by atoms with Crippen LogP contribution in [0.25, 0.3) is 0 Å². The van der Waals surface area contributed by atoms with Crippen LogP contribution in [0, 0.1) is 11.2 Å². The number of carbonyl (C=O) groups is 3. The van der Waals surface area contributed by atoms with Crippen molar-refractivity contribution < 1.29 is 18.8 Å². The maximum atomic E-state index is 12.8. The summed E-state index contributed by atoms with van der Waals surface area (Å²) in [5, 5.41) is 0. The molecule has 1 aromatic carbocycles. The Kier molecular flexibility index (Phi) is 3.93. The van der Waals surface area contributed by atoms with E-state index in [2.05, 4.69) is 0 Å². The number of rotatable bonds is 4. The van der Waals surface area contributed by atoms with Crippen LogP contribution in [-0.2, 0) is 9.59 Å². The number of benzene rings is 1. The number of ketones is 3. The molecule has 4 heteroatoms. The second-order valence-electron chi connectivity index (χ2n) is 5.01. The summed E-state index contributed by atoms with van der Waals surface area (Å²) in [5.41, 5.74) is -0.817. The molecule has 0 spiro atoms. The van der Waals surface area contributed by atoms with Crippen molar-refractivity contribution in [2.75, 3.05) is 0 Å². The van der Waals surface area contributed by atoms with Crippen LogP contribution in [0.5, 0.6) is 0 Å². The Morgan fingerprint density at radius 2 is 1.90 bits per heavy atom. The highest BCUT2D eigenvalue weighted by Gasteiger charge is 2.43. The van der Waals surface area contributed by atoms with E-state index in [0.717, 1.165) is 0 Å². The molecule has 2 rings (SSSR count). The zero-order chi connectivity index (χ0) is 14.8. The zero-order valence-electron chi connectivity index (χ0n) is 11.2. The van der Waals surface area contributed by atoms with Crippen molar-refractivity contribution >= 4 is 17.3 Å². The van der Waals surface area contributed by atoms with Crippen LogP contribution in [0.15, 0.2) is 36.4 Å². The molecule has 1 aromatic rings. The van der Waals surface area contributed by atoms with E-state index < -0.39 is 11.2 Å². The molecule has 1 saturated carbocycles. The van der Waals surface area contributed by atoms with Crippen LogP contribution in [0.2, 0.25) is 0 Å². The second kappa shape index (κ2) is 5.49. The Bertz CT molecular complexity index is 586. The third kappa shape index (κ3) is 2.59. The summed E-state index contributed by atoms with van der Waals surface area (Å²) in [4.78, 5) is 35.6. The van der Waals surface area contributed by atoms with Gasteiger partial charge in [-0.1, -0.05) is 6.08 Å². The van der Waals surface area contributed by atoms with Crippen molar-refractivity contribution in [1.82, 2.24) is 0 Å². The number of allylic oxidation sites excluding steroid dienone is 2. The van der Waals surface area contributed by atoms with Gasteiger partial charge in [-0.2, -0.15) is 0 Å². The monoisotopic (exact) mass is 274 g/mol. The number of hydrogen-bond acceptors (Lipinski definition) is 3. The predicted octanol–water partition coefficient (Wildman–Crippen LogP) is 2.89. The molecule has 0 aliphatic heterocycles. The predicted molar refractivity (Wildman–Crippen MR) is 71.8 cm³/mol. The number of carbonyl (C=O) groups excluding carboxylic acids is 3. The lowest BCUT2D eigenvalue weighted by Crippen LogP contribution is -2.31. The molecule has 104 valence electrons. The van der Waals surface area contributed by atoms with Gasteiger partial charge in [-0.25, -0.2) is 4.39 Å². The minimum Gasteiger partial charge on any atom is -0.299 e. The van der Waals surface area contributed by atoms with Crippen LogP contribution < -0.4 is 0 Å². The topological polar surface area (TPSA) is 51.2 Å². The largest absolute Gasteiger partial charge is 0.299 e. The van der Waals surface area contributed by atoms with E-state index >= 15 is 0 Å². The van der Waals surface area contributed by atoms with Gasteiger partial charge in [-0.3, -0.25) is 14.4 Å². The molecular weight excluding hydrogens is 259 g/mol. The van der Waals surface area contributed by atoms with Gasteiger partial charge in [0.1, 0.15) is 22.8 Å². The Hall–Kier alpha value is -2.10. The molecule has 0 radical (unpaired) electrons. The van der Waals surface area contributed by atoms with Gasteiger partial charge in [0, 0.05) is 12.0 Å². The molecule has 0 aromatic heterocycles. The van der Waals surface area contributed by atoms with Crippen LogP contribution >= 0.6 is 0 Å². The van der Waals surface area contributed by atoms with Crippen molar-refractivity contribution in [3.8, 4) is 0 Å². The molecule has 1 atom stereocenters. The first-order chi connectivity index (χ1) is 9.45. The first kappa shape index (κ1) is 14.3. The van der Waals surface area contributed by atoms with E-state index in [1.54, 1.807) is 0 Å². The molecule has 0 saturated heterocycles. The molecule has 1 aliphatic rings. The third-order valence-electron chi connectivity index (χ3n) is 3.75. The summed E-state index contributed by atoms with van der Waals surface area (Å²) < 4.78 is 12.8. The molecule has 0 unspecified atom stereocenters. The van der Waals surface area contributed by atoms with E-state index in [0.29, 0.717) is 24.8 Å². The number of hydrogen-bond donors (Lipinski definition) is 0. The number of Topliss-reactive ketones (excluding diaryl/α,β-unsaturated/α-hetero) is 2. The van der Waals surface area contributed by atoms with Gasteiger partial charge in [-0.05, 0) is 50.1 Å². The molecular formula is C16H15FO3. The highest BCUT2D eigenvalue weighted by Crippen LogP contribution is 2.37. The normalized spacial score (nSPS) is 22.4. The summed E-state index contributed by atoms with van der Waals surface area (Å²) in [7, 11) is 0. The molecule has 0 bridgehead atoms. The van der Waals surface area contributed by atoms with E-state index in [4.69, 9.17) is 0 Å². The van der Waals surface area contributed by atoms with Gasteiger partial charge in [0.25, 0.3) is 0 Å². The third-order valence-corrected chi connectivity index (χ3v) is 3.75. The zero-order valence-corrected chi connectivity index (χ0v) is 11.2. The fraction of sp³-hybridized carbons (Fsp3) is 0.312. The Balaban J connectivity index is 2.23. The molecule has 0 amide bonds. The lowest BCUT2D eigenvalue weighted by molar-refractivity contribution is -0.134. The SMILES string of the molecule is CC(=O)[C@@]1(/C=C/C(=O)c2ccc(F)cc2)CCCC1=O. The lowest BCUT2D eigenvalue weighted by atomic mass is 9.80. The summed E-state index contributed by atoms with van der Waals surface area (Å²) in [6.45, 7) is 1.37. The highest BCUT2D eigenvalue weighted by molar-refractivity contribution is 6.11. The first-order valence-electron chi connectivity index (χ1n) is 6.49. The second-order valence-corrected chi connectivity index (χ2v) is 5.01. The lowest BCUT2D eigenvalue weighted by Gasteiger charge is -2.19. The van der Waals surface area contributed by atoms with Crippen LogP contribution in [0.4, 0.5) is 4.39 Å². The van der Waals surface area contributed by atoms with Crippen molar-refractivity contribution in [1.29, 1.82) is 0 Å². The minimum atomic E-state index is -1.14. The Morgan fingerprint density at radius 3 is 2.40 bits per heavy atom. The quantitative estimate of drug-likeness (QED) is 0.482.